The van der Waals surface area contributed by atoms with E-state index in [1.807, 2.05) is 30.3 Å². The van der Waals surface area contributed by atoms with Crippen molar-refractivity contribution in [1.29, 1.82) is 0 Å². The van der Waals surface area contributed by atoms with Gasteiger partial charge in [-0.25, -0.2) is 5.01 Å². The standard InChI is InChI=1S/C28H24Cl2F3N3O3S/c1-27(30)36(26-22(14-21(29)15-23(26)40-27)39-17-19-6-4-3-5-7-19)35(2)25(38)16-34-24(37)13-10-18-8-11-20(12-9-18)28(31,32)33/h3-15H,16-17H2,1-2H3,(H,34,37). The second-order valence-electron chi connectivity index (χ2n) is 8.90. The molecule has 0 spiro atoms. The lowest BCUT2D eigenvalue weighted by Crippen LogP contribution is -2.53. The van der Waals surface area contributed by atoms with Gasteiger partial charge in [0.05, 0.1) is 12.1 Å². The SMILES string of the molecule is CN(C(=O)CNC(=O)C=Cc1ccc(C(F)(F)F)cc1)N1c2c(OCc3ccccc3)cc(Cl)cc2SC1(C)Cl. The first-order valence-corrected chi connectivity index (χ1v) is 13.5. The molecule has 4 rings (SSSR count). The van der Waals surface area contributed by atoms with Gasteiger partial charge in [-0.15, -0.1) is 0 Å². The van der Waals surface area contributed by atoms with E-state index in [0.29, 0.717) is 22.0 Å². The van der Waals surface area contributed by atoms with Crippen LogP contribution >= 0.6 is 35.0 Å². The number of hydrazine groups is 1. The summed E-state index contributed by atoms with van der Waals surface area (Å²) >= 11 is 14.5. The topological polar surface area (TPSA) is 61.9 Å². The number of carbonyl (C=O) groups is 2. The number of hydrogen-bond donors (Lipinski definition) is 1. The van der Waals surface area contributed by atoms with Crippen molar-refractivity contribution < 1.29 is 27.5 Å². The Hall–Kier alpha value is -3.34. The van der Waals surface area contributed by atoms with Crippen LogP contribution in [-0.2, 0) is 22.4 Å². The van der Waals surface area contributed by atoms with Gasteiger partial charge >= 0.3 is 6.18 Å². The van der Waals surface area contributed by atoms with Crippen LogP contribution in [0.1, 0.15) is 23.6 Å². The molecule has 0 saturated carbocycles. The molecule has 1 heterocycles. The van der Waals surface area contributed by atoms with Gasteiger partial charge < -0.3 is 10.1 Å². The van der Waals surface area contributed by atoms with Gasteiger partial charge in [-0.3, -0.25) is 14.6 Å². The van der Waals surface area contributed by atoms with Gasteiger partial charge in [0.15, 0.2) is 4.33 Å². The van der Waals surface area contributed by atoms with Gasteiger partial charge in [0.2, 0.25) is 5.91 Å². The Bertz CT molecular complexity index is 1420. The number of carbonyl (C=O) groups excluding carboxylic acids is 2. The van der Waals surface area contributed by atoms with E-state index in [2.05, 4.69) is 5.32 Å². The summed E-state index contributed by atoms with van der Waals surface area (Å²) in [7, 11) is 1.53. The summed E-state index contributed by atoms with van der Waals surface area (Å²) in [6.45, 7) is 1.64. The monoisotopic (exact) mass is 609 g/mol. The van der Waals surface area contributed by atoms with Crippen LogP contribution < -0.4 is 15.1 Å². The number of benzene rings is 3. The van der Waals surface area contributed by atoms with Gasteiger partial charge in [-0.2, -0.15) is 13.2 Å². The van der Waals surface area contributed by atoms with Crippen molar-refractivity contribution in [1.82, 2.24) is 10.3 Å². The maximum Gasteiger partial charge on any atom is 0.416 e. The minimum atomic E-state index is -4.44. The molecule has 0 bridgehead atoms. The number of anilines is 1. The van der Waals surface area contributed by atoms with Crippen molar-refractivity contribution in [2.75, 3.05) is 18.6 Å². The smallest absolute Gasteiger partial charge is 0.416 e. The number of thioether (sulfide) groups is 1. The van der Waals surface area contributed by atoms with E-state index < -0.39 is 27.9 Å². The molecule has 6 nitrogen and oxygen atoms in total. The van der Waals surface area contributed by atoms with Crippen molar-refractivity contribution in [3.8, 4) is 5.75 Å². The third-order valence-corrected chi connectivity index (χ3v) is 7.55. The van der Waals surface area contributed by atoms with Crippen LogP contribution in [0, 0.1) is 0 Å². The molecule has 0 fully saturated rings. The normalized spacial score (nSPS) is 16.6. The van der Waals surface area contributed by atoms with Crippen LogP contribution in [0.4, 0.5) is 18.9 Å². The number of alkyl halides is 4. The number of ether oxygens (including phenoxy) is 1. The highest BCUT2D eigenvalue weighted by molar-refractivity contribution is 8.02. The highest BCUT2D eigenvalue weighted by Gasteiger charge is 2.45. The molecule has 3 aromatic rings. The first kappa shape index (κ1) is 29.6. The molecule has 0 aromatic heterocycles. The molecule has 0 aliphatic carbocycles. The Morgan fingerprint density at radius 2 is 1.80 bits per heavy atom. The van der Waals surface area contributed by atoms with E-state index in [-0.39, 0.29) is 13.2 Å². The number of nitrogens with one attached hydrogen (secondary N) is 1. The molecule has 2 amide bonds. The minimum absolute atomic E-state index is 0.268. The summed E-state index contributed by atoms with van der Waals surface area (Å²) in [5.41, 5.74) is 1.12. The van der Waals surface area contributed by atoms with E-state index in [1.54, 1.807) is 24.1 Å². The van der Waals surface area contributed by atoms with E-state index >= 15 is 0 Å². The first-order valence-electron chi connectivity index (χ1n) is 11.9. The zero-order chi connectivity index (χ0) is 29.1. The summed E-state index contributed by atoms with van der Waals surface area (Å²) in [4.78, 5) is 26.1. The van der Waals surface area contributed by atoms with Gasteiger partial charge in [0, 0.05) is 29.1 Å². The highest BCUT2D eigenvalue weighted by atomic mass is 35.5. The van der Waals surface area contributed by atoms with E-state index in [0.717, 1.165) is 28.7 Å². The lowest BCUT2D eigenvalue weighted by molar-refractivity contribution is -0.137. The Morgan fingerprint density at radius 1 is 1.12 bits per heavy atom. The number of hydrogen-bond acceptors (Lipinski definition) is 5. The van der Waals surface area contributed by atoms with Crippen molar-refractivity contribution >= 4 is 58.5 Å². The number of rotatable bonds is 8. The maximum atomic E-state index is 13.1. The first-order chi connectivity index (χ1) is 18.8. The number of halogens is 5. The Kier molecular flexibility index (Phi) is 8.92. The number of amides is 2. The second kappa shape index (κ2) is 12.0. The fraction of sp³-hybridized carbons (Fsp3) is 0.214. The molecule has 40 heavy (non-hydrogen) atoms. The van der Waals surface area contributed by atoms with Gasteiger partial charge in [0.1, 0.15) is 18.0 Å². The molecule has 210 valence electrons. The van der Waals surface area contributed by atoms with Crippen LogP contribution in [-0.4, -0.2) is 34.7 Å². The molecular weight excluding hydrogens is 586 g/mol. The Balaban J connectivity index is 1.44. The summed E-state index contributed by atoms with van der Waals surface area (Å²) in [6.07, 6.45) is -1.95. The lowest BCUT2D eigenvalue weighted by Gasteiger charge is -2.38. The van der Waals surface area contributed by atoms with E-state index in [4.69, 9.17) is 27.9 Å². The zero-order valence-corrected chi connectivity index (χ0v) is 23.7. The molecule has 1 aliphatic heterocycles. The molecule has 0 saturated heterocycles. The predicted octanol–water partition coefficient (Wildman–Crippen LogP) is 6.97. The fourth-order valence-electron chi connectivity index (χ4n) is 3.95. The summed E-state index contributed by atoms with van der Waals surface area (Å²) in [6, 6.07) is 17.3. The third-order valence-electron chi connectivity index (χ3n) is 5.87. The van der Waals surface area contributed by atoms with Gasteiger partial charge in [0.25, 0.3) is 5.91 Å². The number of nitrogens with zero attached hydrogens (tertiary/aromatic N) is 2. The zero-order valence-electron chi connectivity index (χ0n) is 21.3. The summed E-state index contributed by atoms with van der Waals surface area (Å²) in [5, 5.41) is 5.82. The molecule has 1 N–H and O–H groups in total. The Morgan fingerprint density at radius 3 is 2.45 bits per heavy atom. The van der Waals surface area contributed by atoms with Gasteiger partial charge in [-0.1, -0.05) is 77.4 Å². The average molecular weight is 610 g/mol. The van der Waals surface area contributed by atoms with Crippen molar-refractivity contribution in [3.63, 3.8) is 0 Å². The van der Waals surface area contributed by atoms with E-state index in [9.17, 15) is 22.8 Å². The van der Waals surface area contributed by atoms with Crippen molar-refractivity contribution in [2.45, 2.75) is 28.9 Å². The molecule has 1 unspecified atom stereocenters. The average Bonchev–Trinajstić information content (AvgIpc) is 3.18. The molecule has 3 aromatic carbocycles. The van der Waals surface area contributed by atoms with Gasteiger partial charge in [-0.05, 0) is 42.3 Å². The minimum Gasteiger partial charge on any atom is -0.487 e. The fourth-order valence-corrected chi connectivity index (χ4v) is 5.84. The largest absolute Gasteiger partial charge is 0.487 e. The highest BCUT2D eigenvalue weighted by Crippen LogP contribution is 2.57. The Labute approximate surface area is 243 Å². The lowest BCUT2D eigenvalue weighted by atomic mass is 10.1. The molecule has 1 aliphatic rings. The summed E-state index contributed by atoms with van der Waals surface area (Å²) in [5.74, 6) is -0.628. The molecule has 1 atom stereocenters. The number of fused-ring (bicyclic) bond motifs is 1. The van der Waals surface area contributed by atoms with Crippen molar-refractivity contribution in [3.05, 3.63) is 94.5 Å². The summed E-state index contributed by atoms with van der Waals surface area (Å²) < 4.78 is 43.2. The van der Waals surface area contributed by atoms with Crippen LogP contribution in [0.2, 0.25) is 5.02 Å². The molecular formula is C28H24Cl2F3N3O3S. The maximum absolute atomic E-state index is 13.1. The quantitative estimate of drug-likeness (QED) is 0.170. The van der Waals surface area contributed by atoms with Crippen LogP contribution in [0.5, 0.6) is 5.75 Å². The van der Waals surface area contributed by atoms with Crippen molar-refractivity contribution in [2.24, 2.45) is 0 Å². The van der Waals surface area contributed by atoms with Crippen LogP contribution in [0.3, 0.4) is 0 Å². The van der Waals surface area contributed by atoms with Crippen LogP contribution in [0.25, 0.3) is 6.08 Å². The molecule has 0 radical (unpaired) electrons. The number of likely N-dealkylation sites (N-methyl/N-ethyl adjacent to an activating group) is 1. The second-order valence-corrected chi connectivity index (χ2v) is 11.7. The third kappa shape index (κ3) is 7.04. The van der Waals surface area contributed by atoms with Crippen LogP contribution in [0.15, 0.2) is 77.7 Å². The predicted molar refractivity (Wildman–Crippen MR) is 151 cm³/mol. The van der Waals surface area contributed by atoms with E-state index in [1.165, 1.54) is 42.0 Å². The molecule has 12 heteroatoms.